The van der Waals surface area contributed by atoms with Gasteiger partial charge >= 0.3 is 5.97 Å². The molecule has 5 nitrogen and oxygen atoms in total. The molecular formula is C24H32ClN3O2. The number of hydrogen-bond acceptors (Lipinski definition) is 3. The Morgan fingerprint density at radius 1 is 1.03 bits per heavy atom. The Balaban J connectivity index is 0.00000320. The number of carbonyl (C=O) groups excluding carboxylic acids is 1. The molecule has 0 radical (unpaired) electrons. The summed E-state index contributed by atoms with van der Waals surface area (Å²) in [5.74, 6) is 0.873. The summed E-state index contributed by atoms with van der Waals surface area (Å²) in [7, 11) is 0. The summed E-state index contributed by atoms with van der Waals surface area (Å²) in [6, 6.07) is 18.3. The molecule has 0 saturated heterocycles. The normalized spacial score (nSPS) is 18.7. The number of benzene rings is 2. The van der Waals surface area contributed by atoms with Crippen molar-refractivity contribution in [3.05, 3.63) is 65.7 Å². The number of esters is 1. The van der Waals surface area contributed by atoms with Crippen molar-refractivity contribution < 1.29 is 9.53 Å². The van der Waals surface area contributed by atoms with Crippen LogP contribution in [0.5, 0.6) is 5.75 Å². The molecule has 0 amide bonds. The first-order chi connectivity index (χ1) is 13.9. The van der Waals surface area contributed by atoms with Crippen molar-refractivity contribution >= 4 is 24.3 Å². The molecule has 162 valence electrons. The highest BCUT2D eigenvalue weighted by Crippen LogP contribution is 2.33. The summed E-state index contributed by atoms with van der Waals surface area (Å²) in [6.07, 6.45) is 3.54. The van der Waals surface area contributed by atoms with Gasteiger partial charge in [0, 0.05) is 12.0 Å². The smallest absolute Gasteiger partial charge is 0.314 e. The highest BCUT2D eigenvalue weighted by Gasteiger charge is 2.28. The molecule has 1 fully saturated rings. The number of carbonyl (C=O) groups is 1. The number of nitrogens with two attached hydrogens (primary N) is 1. The van der Waals surface area contributed by atoms with Crippen molar-refractivity contribution in [1.29, 1.82) is 5.41 Å². The van der Waals surface area contributed by atoms with Crippen LogP contribution in [0.3, 0.4) is 0 Å². The fraction of sp³-hybridized carbons (Fsp3) is 0.417. The van der Waals surface area contributed by atoms with E-state index in [1.54, 1.807) is 0 Å². The van der Waals surface area contributed by atoms with Gasteiger partial charge in [-0.2, -0.15) is 0 Å². The van der Waals surface area contributed by atoms with Crippen LogP contribution in [0.2, 0.25) is 0 Å². The van der Waals surface area contributed by atoms with Crippen LogP contribution in [0.4, 0.5) is 0 Å². The minimum Gasteiger partial charge on any atom is -0.426 e. The Hall–Kier alpha value is -2.53. The van der Waals surface area contributed by atoms with Crippen LogP contribution >= 0.6 is 12.4 Å². The van der Waals surface area contributed by atoms with Gasteiger partial charge in [-0.15, -0.1) is 12.4 Å². The lowest BCUT2D eigenvalue weighted by atomic mass is 9.78. The monoisotopic (exact) mass is 429 g/mol. The number of rotatable bonds is 6. The van der Waals surface area contributed by atoms with E-state index < -0.39 is 0 Å². The number of hydrogen-bond donors (Lipinski definition) is 3. The second-order valence-corrected chi connectivity index (χ2v) is 8.45. The Labute approximate surface area is 185 Å². The predicted octanol–water partition coefficient (Wildman–Crippen LogP) is 4.63. The maximum absolute atomic E-state index is 12.6. The zero-order chi connectivity index (χ0) is 20.9. The van der Waals surface area contributed by atoms with E-state index in [1.165, 1.54) is 11.1 Å². The van der Waals surface area contributed by atoms with Gasteiger partial charge in [0.05, 0.1) is 5.92 Å². The molecule has 0 heterocycles. The zero-order valence-corrected chi connectivity index (χ0v) is 18.5. The van der Waals surface area contributed by atoms with E-state index in [1.807, 2.05) is 30.3 Å². The largest absolute Gasteiger partial charge is 0.426 e. The summed E-state index contributed by atoms with van der Waals surface area (Å²) in [4.78, 5) is 12.6. The first kappa shape index (κ1) is 23.7. The fourth-order valence-electron chi connectivity index (χ4n) is 4.02. The van der Waals surface area contributed by atoms with Crippen molar-refractivity contribution in [3.63, 3.8) is 0 Å². The van der Waals surface area contributed by atoms with E-state index >= 15 is 0 Å². The second-order valence-electron chi connectivity index (χ2n) is 8.45. The maximum atomic E-state index is 12.6. The number of nitrogens with one attached hydrogen (secondary N) is 2. The fourth-order valence-corrected chi connectivity index (χ4v) is 4.02. The molecular weight excluding hydrogens is 398 g/mol. The first-order valence-corrected chi connectivity index (χ1v) is 10.3. The summed E-state index contributed by atoms with van der Waals surface area (Å²) in [5.41, 5.74) is 7.66. The Kier molecular flexibility index (Phi) is 8.30. The average molecular weight is 430 g/mol. The van der Waals surface area contributed by atoms with Crippen LogP contribution < -0.4 is 15.8 Å². The minimum absolute atomic E-state index is 0. The lowest BCUT2D eigenvalue weighted by Crippen LogP contribution is -2.36. The van der Waals surface area contributed by atoms with E-state index in [9.17, 15) is 4.79 Å². The summed E-state index contributed by atoms with van der Waals surface area (Å²) in [5, 5.41) is 10.1. The zero-order valence-electron chi connectivity index (χ0n) is 17.7. The number of guanidine groups is 1. The summed E-state index contributed by atoms with van der Waals surface area (Å²) < 4.78 is 5.65. The lowest BCUT2D eigenvalue weighted by molar-refractivity contribution is -0.140. The van der Waals surface area contributed by atoms with Crippen molar-refractivity contribution in [3.8, 4) is 5.75 Å². The molecule has 2 aromatic carbocycles. The van der Waals surface area contributed by atoms with Gasteiger partial charge in [-0.1, -0.05) is 56.3 Å². The van der Waals surface area contributed by atoms with Gasteiger partial charge in [0.25, 0.3) is 0 Å². The molecule has 4 N–H and O–H groups in total. The lowest BCUT2D eigenvalue weighted by Gasteiger charge is -2.28. The third kappa shape index (κ3) is 5.99. The number of ether oxygens (including phenoxy) is 1. The predicted molar refractivity (Wildman–Crippen MR) is 123 cm³/mol. The van der Waals surface area contributed by atoms with Gasteiger partial charge in [0.15, 0.2) is 5.96 Å². The molecule has 0 spiro atoms. The van der Waals surface area contributed by atoms with Crippen molar-refractivity contribution in [2.75, 3.05) is 6.54 Å². The van der Waals surface area contributed by atoms with Crippen LogP contribution in [0, 0.1) is 17.2 Å². The van der Waals surface area contributed by atoms with Gasteiger partial charge in [-0.3, -0.25) is 10.2 Å². The standard InChI is InChI=1S/C24H31N3O2.ClH/c1-24(2,19-6-4-3-5-7-19)20-12-14-21(15-13-20)29-22(28)18-10-8-17(9-11-18)16-27-23(25)26;/h3-7,12-15,17-18H,8-11,16H2,1-2H3,(H4,25,26,27);1H/t17-,18-;. The van der Waals surface area contributed by atoms with Gasteiger partial charge in [0.1, 0.15) is 5.75 Å². The van der Waals surface area contributed by atoms with Crippen molar-refractivity contribution in [1.82, 2.24) is 5.32 Å². The molecule has 0 aromatic heterocycles. The van der Waals surface area contributed by atoms with Crippen LogP contribution in [0.15, 0.2) is 54.6 Å². The molecule has 3 rings (SSSR count). The van der Waals surface area contributed by atoms with Crippen molar-refractivity contribution in [2.45, 2.75) is 44.9 Å². The number of halogens is 1. The van der Waals surface area contributed by atoms with Gasteiger partial charge in [0.2, 0.25) is 0 Å². The van der Waals surface area contributed by atoms with Crippen molar-refractivity contribution in [2.24, 2.45) is 17.6 Å². The third-order valence-corrected chi connectivity index (χ3v) is 6.05. The minimum atomic E-state index is -0.141. The van der Waals surface area contributed by atoms with E-state index in [0.717, 1.165) is 25.7 Å². The molecule has 1 saturated carbocycles. The highest BCUT2D eigenvalue weighted by molar-refractivity contribution is 5.85. The van der Waals surface area contributed by atoms with Gasteiger partial charge in [-0.05, 0) is 54.9 Å². The average Bonchev–Trinajstić information content (AvgIpc) is 2.73. The highest BCUT2D eigenvalue weighted by atomic mass is 35.5. The summed E-state index contributed by atoms with van der Waals surface area (Å²) in [6.45, 7) is 5.10. The quantitative estimate of drug-likeness (QED) is 0.270. The summed E-state index contributed by atoms with van der Waals surface area (Å²) >= 11 is 0. The molecule has 0 bridgehead atoms. The second kappa shape index (κ2) is 10.5. The SMILES string of the molecule is CC(C)(c1ccccc1)c1ccc(OC(=O)[C@H]2CC[C@H](CNC(=N)N)CC2)cc1.Cl. The third-order valence-electron chi connectivity index (χ3n) is 6.05. The van der Waals surface area contributed by atoms with Gasteiger partial charge < -0.3 is 15.8 Å². The molecule has 2 aromatic rings. The molecule has 6 heteroatoms. The van der Waals surface area contributed by atoms with E-state index in [2.05, 4.69) is 43.4 Å². The van der Waals surface area contributed by atoms with E-state index in [0.29, 0.717) is 18.2 Å². The van der Waals surface area contributed by atoms with E-state index in [-0.39, 0.29) is 35.7 Å². The first-order valence-electron chi connectivity index (χ1n) is 10.3. The molecule has 0 unspecified atom stereocenters. The molecule has 1 aliphatic rings. The topological polar surface area (TPSA) is 88.2 Å². The maximum Gasteiger partial charge on any atom is 0.314 e. The van der Waals surface area contributed by atoms with E-state index in [4.69, 9.17) is 15.9 Å². The molecule has 1 aliphatic carbocycles. The van der Waals surface area contributed by atoms with Gasteiger partial charge in [-0.25, -0.2) is 0 Å². The van der Waals surface area contributed by atoms with Crippen LogP contribution in [0.25, 0.3) is 0 Å². The van der Waals surface area contributed by atoms with Crippen LogP contribution in [-0.2, 0) is 10.2 Å². The molecule has 0 aliphatic heterocycles. The van der Waals surface area contributed by atoms with Crippen LogP contribution in [-0.4, -0.2) is 18.5 Å². The Morgan fingerprint density at radius 2 is 1.60 bits per heavy atom. The molecule has 30 heavy (non-hydrogen) atoms. The Morgan fingerprint density at radius 3 is 2.17 bits per heavy atom. The van der Waals surface area contributed by atoms with Crippen LogP contribution in [0.1, 0.15) is 50.7 Å². The Bertz CT molecular complexity index is 829. The molecule has 0 atom stereocenters.